The summed E-state index contributed by atoms with van der Waals surface area (Å²) < 4.78 is 31.8. The molecule has 1 amide bonds. The molecule has 0 aliphatic carbocycles. The maximum absolute atomic E-state index is 12.6. The highest BCUT2D eigenvalue weighted by molar-refractivity contribution is 5.92. The highest BCUT2D eigenvalue weighted by Crippen LogP contribution is 2.18. The van der Waals surface area contributed by atoms with Gasteiger partial charge in [-0.05, 0) is 18.2 Å². The number of amides is 1. The van der Waals surface area contributed by atoms with Crippen molar-refractivity contribution < 1.29 is 18.0 Å². The van der Waals surface area contributed by atoms with Crippen molar-refractivity contribution in [3.05, 3.63) is 47.6 Å². The van der Waals surface area contributed by atoms with Crippen LogP contribution in [0, 0.1) is 0 Å². The van der Waals surface area contributed by atoms with Crippen LogP contribution in [-0.2, 0) is 13.5 Å². The number of nitrogens with zero attached hydrogens (tertiary/aromatic N) is 3. The van der Waals surface area contributed by atoms with Gasteiger partial charge in [-0.25, -0.2) is 13.8 Å². The van der Waals surface area contributed by atoms with Gasteiger partial charge in [0.1, 0.15) is 16.9 Å². The maximum Gasteiger partial charge on any atom is 0.282 e. The van der Waals surface area contributed by atoms with Crippen LogP contribution < -0.4 is 5.32 Å². The number of rotatable bonds is 5. The van der Waals surface area contributed by atoms with Gasteiger partial charge in [-0.1, -0.05) is 12.1 Å². The lowest BCUT2D eigenvalue weighted by Crippen LogP contribution is -2.27. The molecule has 0 radical (unpaired) electrons. The lowest BCUT2D eigenvalue weighted by Gasteiger charge is -2.03. The topological polar surface area (TPSA) is 73.0 Å². The van der Waals surface area contributed by atoms with E-state index < -0.39 is 18.0 Å². The quantitative estimate of drug-likeness (QED) is 0.784. The van der Waals surface area contributed by atoms with Crippen LogP contribution in [0.3, 0.4) is 0 Å². The summed E-state index contributed by atoms with van der Waals surface area (Å²) in [6.45, 7) is 0.279. The van der Waals surface area contributed by atoms with Gasteiger partial charge in [0.25, 0.3) is 12.3 Å². The second kappa shape index (κ2) is 6.15. The van der Waals surface area contributed by atoms with E-state index in [9.17, 15) is 13.6 Å². The second-order valence-corrected chi connectivity index (χ2v) is 4.96. The fourth-order valence-electron chi connectivity index (χ4n) is 2.21. The van der Waals surface area contributed by atoms with E-state index in [4.69, 9.17) is 4.42 Å². The van der Waals surface area contributed by atoms with Gasteiger partial charge in [0.05, 0.1) is 0 Å². The SMILES string of the molecule is Cn1nc(C(F)F)cc1C(=O)NCCc1nc2ccccc2o1. The Morgan fingerprint density at radius 3 is 2.87 bits per heavy atom. The summed E-state index contributed by atoms with van der Waals surface area (Å²) in [7, 11) is 1.45. The predicted octanol–water partition coefficient (Wildman–Crippen LogP) is 2.47. The third kappa shape index (κ3) is 3.20. The Morgan fingerprint density at radius 1 is 1.39 bits per heavy atom. The first kappa shape index (κ1) is 15.1. The summed E-state index contributed by atoms with van der Waals surface area (Å²) in [6.07, 6.45) is -2.30. The van der Waals surface area contributed by atoms with Gasteiger partial charge in [-0.3, -0.25) is 9.48 Å². The number of carbonyl (C=O) groups is 1. The van der Waals surface area contributed by atoms with Crippen LogP contribution in [0.2, 0.25) is 0 Å². The van der Waals surface area contributed by atoms with Gasteiger partial charge >= 0.3 is 0 Å². The van der Waals surface area contributed by atoms with Gasteiger partial charge in [-0.2, -0.15) is 5.10 Å². The number of benzene rings is 1. The molecular formula is C15H14F2N4O2. The van der Waals surface area contributed by atoms with Crippen molar-refractivity contribution in [2.75, 3.05) is 6.54 Å². The zero-order valence-electron chi connectivity index (χ0n) is 12.3. The summed E-state index contributed by atoms with van der Waals surface area (Å²) >= 11 is 0. The predicted molar refractivity (Wildman–Crippen MR) is 78.2 cm³/mol. The van der Waals surface area contributed by atoms with Crippen molar-refractivity contribution >= 4 is 17.0 Å². The van der Waals surface area contributed by atoms with Gasteiger partial charge in [-0.15, -0.1) is 0 Å². The standard InChI is InChI=1S/C15H14F2N4O2/c1-21-11(8-10(20-21)14(16)17)15(22)18-7-6-13-19-9-4-2-3-5-12(9)23-13/h2-5,8,14H,6-7H2,1H3,(H,18,22). The number of oxazole rings is 1. The fourth-order valence-corrected chi connectivity index (χ4v) is 2.21. The van der Waals surface area contributed by atoms with E-state index in [1.807, 2.05) is 24.3 Å². The second-order valence-electron chi connectivity index (χ2n) is 4.96. The smallest absolute Gasteiger partial charge is 0.282 e. The van der Waals surface area contributed by atoms with Crippen molar-refractivity contribution in [2.45, 2.75) is 12.8 Å². The number of alkyl halides is 2. The number of aryl methyl sites for hydroxylation is 1. The van der Waals surface area contributed by atoms with E-state index in [-0.39, 0.29) is 12.2 Å². The summed E-state index contributed by atoms with van der Waals surface area (Å²) in [5.74, 6) is 0.0350. The molecule has 1 N–H and O–H groups in total. The van der Waals surface area contributed by atoms with Crippen molar-refractivity contribution in [3.8, 4) is 0 Å². The highest BCUT2D eigenvalue weighted by Gasteiger charge is 2.18. The maximum atomic E-state index is 12.6. The molecule has 3 rings (SSSR count). The van der Waals surface area contributed by atoms with Crippen LogP contribution in [0.15, 0.2) is 34.7 Å². The number of hydrogen-bond donors (Lipinski definition) is 1. The zero-order valence-corrected chi connectivity index (χ0v) is 12.3. The number of halogens is 2. The molecule has 2 aromatic heterocycles. The van der Waals surface area contributed by atoms with E-state index in [0.717, 1.165) is 16.3 Å². The molecule has 0 atom stereocenters. The molecule has 23 heavy (non-hydrogen) atoms. The molecule has 0 spiro atoms. The first-order chi connectivity index (χ1) is 11.0. The van der Waals surface area contributed by atoms with E-state index in [1.165, 1.54) is 7.05 Å². The van der Waals surface area contributed by atoms with E-state index in [2.05, 4.69) is 15.4 Å². The lowest BCUT2D eigenvalue weighted by molar-refractivity contribution is 0.0944. The molecule has 6 nitrogen and oxygen atoms in total. The van der Waals surface area contributed by atoms with Crippen LogP contribution in [0.4, 0.5) is 8.78 Å². The average Bonchev–Trinajstić information content (AvgIpc) is 3.10. The Morgan fingerprint density at radius 2 is 2.17 bits per heavy atom. The molecule has 2 heterocycles. The Bertz CT molecular complexity index is 808. The summed E-state index contributed by atoms with van der Waals surface area (Å²) in [6, 6.07) is 8.44. The molecule has 0 saturated carbocycles. The molecule has 1 aromatic carbocycles. The van der Waals surface area contributed by atoms with Crippen LogP contribution in [0.5, 0.6) is 0 Å². The highest BCUT2D eigenvalue weighted by atomic mass is 19.3. The number of carbonyl (C=O) groups excluding carboxylic acids is 1. The van der Waals surface area contributed by atoms with Crippen LogP contribution in [-0.4, -0.2) is 27.2 Å². The van der Waals surface area contributed by atoms with Gasteiger partial charge < -0.3 is 9.73 Å². The molecular weight excluding hydrogens is 306 g/mol. The van der Waals surface area contributed by atoms with Crippen LogP contribution >= 0.6 is 0 Å². The molecule has 0 unspecified atom stereocenters. The van der Waals surface area contributed by atoms with Crippen molar-refractivity contribution in [3.63, 3.8) is 0 Å². The molecule has 0 bridgehead atoms. The monoisotopic (exact) mass is 320 g/mol. The van der Waals surface area contributed by atoms with Crippen LogP contribution in [0.25, 0.3) is 11.1 Å². The molecule has 0 aliphatic heterocycles. The number of hydrogen-bond acceptors (Lipinski definition) is 4. The fraction of sp³-hybridized carbons (Fsp3) is 0.267. The molecule has 0 fully saturated rings. The summed E-state index contributed by atoms with van der Waals surface area (Å²) in [5.41, 5.74) is 1.10. The van der Waals surface area contributed by atoms with Gasteiger partial charge in [0.15, 0.2) is 11.5 Å². The summed E-state index contributed by atoms with van der Waals surface area (Å²) in [4.78, 5) is 16.3. The van der Waals surface area contributed by atoms with Crippen molar-refractivity contribution in [1.29, 1.82) is 0 Å². The largest absolute Gasteiger partial charge is 0.441 e. The molecule has 120 valence electrons. The van der Waals surface area contributed by atoms with Gasteiger partial charge in [0.2, 0.25) is 0 Å². The van der Waals surface area contributed by atoms with Crippen molar-refractivity contribution in [2.24, 2.45) is 7.05 Å². The number of fused-ring (bicyclic) bond motifs is 1. The molecule has 0 aliphatic rings. The van der Waals surface area contributed by atoms with E-state index >= 15 is 0 Å². The number of aromatic nitrogens is 3. The average molecular weight is 320 g/mol. The Labute approximate surface area is 130 Å². The Hall–Kier alpha value is -2.77. The Kier molecular flexibility index (Phi) is 4.05. The molecule has 8 heteroatoms. The third-order valence-corrected chi connectivity index (χ3v) is 3.32. The van der Waals surface area contributed by atoms with Crippen LogP contribution in [0.1, 0.15) is 28.5 Å². The number of para-hydroxylation sites is 2. The summed E-state index contributed by atoms with van der Waals surface area (Å²) in [5, 5.41) is 6.24. The third-order valence-electron chi connectivity index (χ3n) is 3.32. The lowest BCUT2D eigenvalue weighted by atomic mass is 10.3. The molecule has 3 aromatic rings. The number of nitrogens with one attached hydrogen (secondary N) is 1. The first-order valence-corrected chi connectivity index (χ1v) is 6.99. The van der Waals surface area contributed by atoms with Crippen molar-refractivity contribution in [1.82, 2.24) is 20.1 Å². The normalized spacial score (nSPS) is 11.3. The van der Waals surface area contributed by atoms with Gasteiger partial charge in [0, 0.05) is 20.0 Å². The first-order valence-electron chi connectivity index (χ1n) is 6.99. The minimum absolute atomic E-state index is 0.0814. The van der Waals surface area contributed by atoms with E-state index in [1.54, 1.807) is 0 Å². The molecule has 0 saturated heterocycles. The Balaban J connectivity index is 1.60. The minimum atomic E-state index is -2.71. The zero-order chi connectivity index (χ0) is 16.4. The van der Waals surface area contributed by atoms with E-state index in [0.29, 0.717) is 17.9 Å². The minimum Gasteiger partial charge on any atom is -0.441 e.